The molecule has 0 bridgehead atoms. The van der Waals surface area contributed by atoms with Gasteiger partial charge in [0, 0.05) is 11.1 Å². The number of benzene rings is 4. The van der Waals surface area contributed by atoms with Crippen molar-refractivity contribution in [3.8, 4) is 28.7 Å². The molecule has 0 aliphatic carbocycles. The van der Waals surface area contributed by atoms with Crippen LogP contribution in [0.25, 0.3) is 0 Å². The molecule has 0 aliphatic heterocycles. The summed E-state index contributed by atoms with van der Waals surface area (Å²) in [4.78, 5) is 2.02. The van der Waals surface area contributed by atoms with E-state index < -0.39 is 0 Å². The monoisotopic (exact) mass is 469 g/mol. The van der Waals surface area contributed by atoms with Gasteiger partial charge in [-0.05, 0) is 112 Å². The molecule has 0 amide bonds. The van der Waals surface area contributed by atoms with Crippen molar-refractivity contribution in [2.75, 3.05) is 4.90 Å². The molecule has 0 atom stereocenters. The molecule has 4 aromatic rings. The van der Waals surface area contributed by atoms with Crippen LogP contribution in [0.4, 0.5) is 17.1 Å². The molecule has 4 aromatic carbocycles. The van der Waals surface area contributed by atoms with Crippen LogP contribution in [0.15, 0.2) is 60.7 Å². The standard InChI is InChI=1S/C30H31NO4/c1-17-11-24(21(5)27(33)13-17)31(25-12-18(2)14-28(34)22(25)6)23-9-7-8-10-29(23)35-30-16-19(3)26(32)15-20(30)4/h7-16,32-34H,1-6H3. The molecule has 0 heterocycles. The van der Waals surface area contributed by atoms with E-state index in [1.165, 1.54) is 0 Å². The Morgan fingerprint density at radius 1 is 0.543 bits per heavy atom. The van der Waals surface area contributed by atoms with Gasteiger partial charge in [-0.2, -0.15) is 0 Å². The lowest BCUT2D eigenvalue weighted by molar-refractivity contribution is 0.458. The van der Waals surface area contributed by atoms with Gasteiger partial charge in [-0.1, -0.05) is 12.1 Å². The summed E-state index contributed by atoms with van der Waals surface area (Å²) in [6.07, 6.45) is 0. The number of ether oxygens (including phenoxy) is 1. The van der Waals surface area contributed by atoms with Crippen LogP contribution in [0.5, 0.6) is 28.7 Å². The van der Waals surface area contributed by atoms with Crippen molar-refractivity contribution in [3.05, 3.63) is 94.0 Å². The first kappa shape index (κ1) is 24.0. The van der Waals surface area contributed by atoms with E-state index in [-0.39, 0.29) is 17.2 Å². The Morgan fingerprint density at radius 3 is 1.66 bits per heavy atom. The molecule has 0 unspecified atom stereocenters. The van der Waals surface area contributed by atoms with Crippen molar-refractivity contribution < 1.29 is 20.1 Å². The predicted molar refractivity (Wildman–Crippen MR) is 141 cm³/mol. The number of hydrogen-bond donors (Lipinski definition) is 3. The third-order valence-electron chi connectivity index (χ3n) is 6.30. The van der Waals surface area contributed by atoms with Crippen LogP contribution >= 0.6 is 0 Å². The van der Waals surface area contributed by atoms with Gasteiger partial charge in [-0.25, -0.2) is 0 Å². The summed E-state index contributed by atoms with van der Waals surface area (Å²) in [7, 11) is 0. The summed E-state index contributed by atoms with van der Waals surface area (Å²) < 4.78 is 6.42. The van der Waals surface area contributed by atoms with Gasteiger partial charge in [0.05, 0.1) is 17.1 Å². The van der Waals surface area contributed by atoms with Crippen molar-refractivity contribution >= 4 is 17.1 Å². The number of aromatic hydroxyl groups is 3. The Morgan fingerprint density at radius 2 is 1.09 bits per heavy atom. The zero-order valence-electron chi connectivity index (χ0n) is 21.0. The molecule has 0 saturated heterocycles. The summed E-state index contributed by atoms with van der Waals surface area (Å²) in [6.45, 7) is 11.3. The van der Waals surface area contributed by atoms with Crippen LogP contribution in [0, 0.1) is 41.5 Å². The van der Waals surface area contributed by atoms with E-state index >= 15 is 0 Å². The first-order valence-electron chi connectivity index (χ1n) is 11.5. The molecular weight excluding hydrogens is 438 g/mol. The molecule has 0 radical (unpaired) electrons. The molecule has 0 spiro atoms. The lowest BCUT2D eigenvalue weighted by atomic mass is 10.0. The van der Waals surface area contributed by atoms with Gasteiger partial charge in [-0.15, -0.1) is 0 Å². The van der Waals surface area contributed by atoms with Gasteiger partial charge in [0.1, 0.15) is 23.0 Å². The Bertz CT molecular complexity index is 1370. The van der Waals surface area contributed by atoms with Gasteiger partial charge < -0.3 is 25.0 Å². The highest BCUT2D eigenvalue weighted by Gasteiger charge is 2.23. The van der Waals surface area contributed by atoms with Crippen molar-refractivity contribution in [2.24, 2.45) is 0 Å². The quantitative estimate of drug-likeness (QED) is 0.277. The van der Waals surface area contributed by atoms with E-state index in [4.69, 9.17) is 4.74 Å². The molecular formula is C30H31NO4. The van der Waals surface area contributed by atoms with Gasteiger partial charge in [-0.3, -0.25) is 0 Å². The lowest BCUT2D eigenvalue weighted by Gasteiger charge is -2.31. The predicted octanol–water partition coefficient (Wildman–Crippen LogP) is 7.92. The molecule has 4 rings (SSSR count). The Labute approximate surface area is 206 Å². The second kappa shape index (κ2) is 9.26. The number of rotatable bonds is 5. The minimum absolute atomic E-state index is 0.197. The summed E-state index contributed by atoms with van der Waals surface area (Å²) in [6, 6.07) is 18.7. The number of phenols is 3. The fourth-order valence-corrected chi connectivity index (χ4v) is 4.23. The van der Waals surface area contributed by atoms with Crippen LogP contribution in [-0.4, -0.2) is 15.3 Å². The van der Waals surface area contributed by atoms with Crippen LogP contribution in [0.3, 0.4) is 0 Å². The molecule has 35 heavy (non-hydrogen) atoms. The average molecular weight is 470 g/mol. The lowest BCUT2D eigenvalue weighted by Crippen LogP contribution is -2.14. The first-order valence-corrected chi connectivity index (χ1v) is 11.5. The normalized spacial score (nSPS) is 10.9. The summed E-state index contributed by atoms with van der Waals surface area (Å²) >= 11 is 0. The van der Waals surface area contributed by atoms with Crippen LogP contribution in [0.1, 0.15) is 33.4 Å². The molecule has 0 fully saturated rings. The maximum absolute atomic E-state index is 10.7. The SMILES string of the molecule is Cc1cc(O)c(C)c(N(c2ccccc2Oc2cc(C)c(O)cc2C)c2cc(C)cc(O)c2C)c1. The van der Waals surface area contributed by atoms with Gasteiger partial charge >= 0.3 is 0 Å². The highest BCUT2D eigenvalue weighted by atomic mass is 16.5. The van der Waals surface area contributed by atoms with Crippen molar-refractivity contribution in [1.29, 1.82) is 0 Å². The highest BCUT2D eigenvalue weighted by Crippen LogP contribution is 2.47. The average Bonchev–Trinajstić information content (AvgIpc) is 2.79. The Hall–Kier alpha value is -4.12. The number of para-hydroxylation sites is 2. The topological polar surface area (TPSA) is 73.2 Å². The highest BCUT2D eigenvalue weighted by molar-refractivity contribution is 5.85. The summed E-state index contributed by atoms with van der Waals surface area (Å²) in [5, 5.41) is 31.4. The van der Waals surface area contributed by atoms with Crippen LogP contribution in [-0.2, 0) is 0 Å². The van der Waals surface area contributed by atoms with Crippen molar-refractivity contribution in [1.82, 2.24) is 0 Å². The third kappa shape index (κ3) is 4.62. The van der Waals surface area contributed by atoms with Crippen LogP contribution < -0.4 is 9.64 Å². The largest absolute Gasteiger partial charge is 0.508 e. The molecule has 5 heteroatoms. The van der Waals surface area contributed by atoms with Crippen LogP contribution in [0.2, 0.25) is 0 Å². The fraction of sp³-hybridized carbons (Fsp3) is 0.200. The molecule has 180 valence electrons. The molecule has 3 N–H and O–H groups in total. The van der Waals surface area contributed by atoms with E-state index in [9.17, 15) is 15.3 Å². The van der Waals surface area contributed by atoms with E-state index in [2.05, 4.69) is 0 Å². The molecule has 5 nitrogen and oxygen atoms in total. The number of phenolic OH excluding ortho intramolecular Hbond substituents is 3. The maximum Gasteiger partial charge on any atom is 0.151 e. The second-order valence-corrected chi connectivity index (χ2v) is 9.17. The Balaban J connectivity index is 1.99. The molecule has 0 saturated carbocycles. The molecule has 0 aliphatic rings. The second-order valence-electron chi connectivity index (χ2n) is 9.17. The van der Waals surface area contributed by atoms with Gasteiger partial charge in [0.2, 0.25) is 0 Å². The summed E-state index contributed by atoms with van der Waals surface area (Å²) in [5.41, 5.74) is 7.08. The van der Waals surface area contributed by atoms with Gasteiger partial charge in [0.25, 0.3) is 0 Å². The maximum atomic E-state index is 10.7. The molecule has 0 aromatic heterocycles. The first-order chi connectivity index (χ1) is 16.6. The zero-order valence-corrected chi connectivity index (χ0v) is 21.0. The number of nitrogens with zero attached hydrogens (tertiary/aromatic N) is 1. The number of hydrogen-bond acceptors (Lipinski definition) is 5. The van der Waals surface area contributed by atoms with E-state index in [1.807, 2.05) is 88.9 Å². The van der Waals surface area contributed by atoms with E-state index in [0.29, 0.717) is 22.6 Å². The minimum Gasteiger partial charge on any atom is -0.508 e. The summed E-state index contributed by atoms with van der Waals surface area (Å²) in [5.74, 6) is 1.86. The fourth-order valence-electron chi connectivity index (χ4n) is 4.23. The minimum atomic E-state index is 0.197. The number of anilines is 3. The smallest absolute Gasteiger partial charge is 0.151 e. The van der Waals surface area contributed by atoms with Crippen molar-refractivity contribution in [2.45, 2.75) is 41.5 Å². The Kier molecular flexibility index (Phi) is 6.35. The third-order valence-corrected chi connectivity index (χ3v) is 6.30. The zero-order chi connectivity index (χ0) is 25.4. The van der Waals surface area contributed by atoms with Crippen molar-refractivity contribution in [3.63, 3.8) is 0 Å². The van der Waals surface area contributed by atoms with E-state index in [1.54, 1.807) is 18.2 Å². The van der Waals surface area contributed by atoms with E-state index in [0.717, 1.165) is 39.3 Å². The number of aryl methyl sites for hydroxylation is 4. The van der Waals surface area contributed by atoms with Gasteiger partial charge in [0.15, 0.2) is 5.75 Å².